The quantitative estimate of drug-likeness (QED) is 0.236. The first kappa shape index (κ1) is 26.6. The van der Waals surface area contributed by atoms with Crippen LogP contribution in [0.4, 0.5) is 23.2 Å². The van der Waals surface area contributed by atoms with Gasteiger partial charge in [0.15, 0.2) is 0 Å². The number of nitrogens with one attached hydrogen (secondary N) is 3. The van der Waals surface area contributed by atoms with Gasteiger partial charge in [-0.15, -0.1) is 0 Å². The van der Waals surface area contributed by atoms with Crippen LogP contribution < -0.4 is 15.4 Å². The van der Waals surface area contributed by atoms with Gasteiger partial charge in [0.25, 0.3) is 0 Å². The zero-order valence-corrected chi connectivity index (χ0v) is 19.5. The van der Waals surface area contributed by atoms with Crippen molar-refractivity contribution >= 4 is 29.1 Å². The number of aromatic nitrogens is 2. The van der Waals surface area contributed by atoms with Crippen LogP contribution in [-0.4, -0.2) is 34.9 Å². The number of imidazole rings is 1. The van der Waals surface area contributed by atoms with Crippen molar-refractivity contribution in [2.45, 2.75) is 19.5 Å². The molecule has 1 heterocycles. The zero-order valence-electron chi connectivity index (χ0n) is 18.7. The second-order valence-corrected chi connectivity index (χ2v) is 7.78. The molecule has 0 fully saturated rings. The van der Waals surface area contributed by atoms with Crippen LogP contribution in [-0.2, 0) is 15.8 Å². The Bertz CT molecular complexity index is 1330. The number of H-pyrrole nitrogens is 1. The highest BCUT2D eigenvalue weighted by Crippen LogP contribution is 2.33. The van der Waals surface area contributed by atoms with Crippen LogP contribution in [0.3, 0.4) is 0 Å². The molecule has 0 atom stereocenters. The molecule has 0 aliphatic rings. The third-order valence-electron chi connectivity index (χ3n) is 4.58. The Hall–Kier alpha value is -4.04. The predicted octanol–water partition coefficient (Wildman–Crippen LogP) is 4.78. The third kappa shape index (κ3) is 7.48. The molecule has 2 aromatic carbocycles. The fourth-order valence-corrected chi connectivity index (χ4v) is 3.07. The van der Waals surface area contributed by atoms with Crippen molar-refractivity contribution in [1.29, 1.82) is 0 Å². The summed E-state index contributed by atoms with van der Waals surface area (Å²) in [4.78, 5) is 29.4. The van der Waals surface area contributed by atoms with E-state index < -0.39 is 23.6 Å². The van der Waals surface area contributed by atoms with Crippen molar-refractivity contribution in [3.05, 3.63) is 64.7 Å². The van der Waals surface area contributed by atoms with Gasteiger partial charge in [0.2, 0.25) is 5.91 Å². The van der Waals surface area contributed by atoms with Gasteiger partial charge in [-0.25, -0.2) is 9.37 Å². The SMILES string of the molecule is CC(=O)NCCCOc1ccc(-c2ncc(C(F)(F)F)[nH]2)cc1NC(=O)C#Cc1ccc(F)c(Cl)c1. The number of carbonyl (C=O) groups excluding carboxylic acids is 2. The summed E-state index contributed by atoms with van der Waals surface area (Å²) >= 11 is 5.71. The molecule has 2 amide bonds. The van der Waals surface area contributed by atoms with Gasteiger partial charge in [-0.1, -0.05) is 17.5 Å². The van der Waals surface area contributed by atoms with E-state index in [-0.39, 0.29) is 40.4 Å². The molecule has 188 valence electrons. The number of rotatable bonds is 7. The molecule has 0 aliphatic carbocycles. The lowest BCUT2D eigenvalue weighted by atomic mass is 10.1. The van der Waals surface area contributed by atoms with Gasteiger partial charge in [0.1, 0.15) is 23.1 Å². The number of anilines is 1. The second kappa shape index (κ2) is 11.6. The number of carbonyl (C=O) groups is 2. The standard InChI is InChI=1S/C24H19ClF4N4O3/c1-14(34)30-9-2-10-36-20-7-5-16(23-31-13-21(33-23)24(27,28)29)12-19(20)32-22(35)8-4-15-3-6-18(26)17(25)11-15/h3,5-7,11-13H,2,9-10H2,1H3,(H,30,34)(H,31,33)(H,32,35). The molecule has 0 radical (unpaired) electrons. The van der Waals surface area contributed by atoms with Crippen molar-refractivity contribution < 1.29 is 31.9 Å². The van der Waals surface area contributed by atoms with Crippen molar-refractivity contribution in [2.24, 2.45) is 0 Å². The van der Waals surface area contributed by atoms with E-state index in [1.54, 1.807) is 0 Å². The van der Waals surface area contributed by atoms with E-state index in [1.807, 2.05) is 0 Å². The van der Waals surface area contributed by atoms with E-state index in [2.05, 4.69) is 32.4 Å². The fraction of sp³-hybridized carbons (Fsp3) is 0.208. The first-order valence-electron chi connectivity index (χ1n) is 10.4. The largest absolute Gasteiger partial charge is 0.491 e. The molecule has 0 spiro atoms. The minimum absolute atomic E-state index is 0.0675. The Balaban J connectivity index is 1.82. The maximum Gasteiger partial charge on any atom is 0.432 e. The van der Waals surface area contributed by atoms with Gasteiger partial charge in [-0.2, -0.15) is 13.2 Å². The number of nitrogens with zero attached hydrogens (tertiary/aromatic N) is 1. The minimum Gasteiger partial charge on any atom is -0.491 e. The average Bonchev–Trinajstić information content (AvgIpc) is 3.31. The van der Waals surface area contributed by atoms with Gasteiger partial charge in [0.05, 0.1) is 23.5 Å². The predicted molar refractivity (Wildman–Crippen MR) is 125 cm³/mol. The zero-order chi connectivity index (χ0) is 26.3. The second-order valence-electron chi connectivity index (χ2n) is 7.37. The van der Waals surface area contributed by atoms with Crippen molar-refractivity contribution in [1.82, 2.24) is 15.3 Å². The van der Waals surface area contributed by atoms with Gasteiger partial charge in [-0.3, -0.25) is 9.59 Å². The number of amides is 2. The average molecular weight is 523 g/mol. The minimum atomic E-state index is -4.60. The van der Waals surface area contributed by atoms with Crippen molar-refractivity contribution in [3.8, 4) is 29.0 Å². The number of halogens is 5. The van der Waals surface area contributed by atoms with E-state index in [1.165, 1.54) is 37.3 Å². The van der Waals surface area contributed by atoms with Gasteiger partial charge < -0.3 is 20.4 Å². The highest BCUT2D eigenvalue weighted by molar-refractivity contribution is 6.30. The summed E-state index contributed by atoms with van der Waals surface area (Å²) < 4.78 is 57.8. The number of ether oxygens (including phenoxy) is 1. The highest BCUT2D eigenvalue weighted by Gasteiger charge is 2.33. The molecule has 0 saturated carbocycles. The van der Waals surface area contributed by atoms with Crippen LogP contribution in [0.5, 0.6) is 5.75 Å². The molecule has 3 aromatic rings. The van der Waals surface area contributed by atoms with E-state index in [0.717, 1.165) is 6.07 Å². The number of alkyl halides is 3. The number of hydrogen-bond acceptors (Lipinski definition) is 4. The lowest BCUT2D eigenvalue weighted by molar-refractivity contribution is -0.140. The molecule has 0 unspecified atom stereocenters. The monoisotopic (exact) mass is 522 g/mol. The third-order valence-corrected chi connectivity index (χ3v) is 4.86. The fourth-order valence-electron chi connectivity index (χ4n) is 2.89. The Morgan fingerprint density at radius 3 is 2.64 bits per heavy atom. The Labute approximate surface area is 208 Å². The molecular weight excluding hydrogens is 504 g/mol. The topological polar surface area (TPSA) is 96.1 Å². The Morgan fingerprint density at radius 2 is 1.97 bits per heavy atom. The van der Waals surface area contributed by atoms with Crippen molar-refractivity contribution in [3.63, 3.8) is 0 Å². The van der Waals surface area contributed by atoms with Crippen LogP contribution in [0, 0.1) is 17.7 Å². The molecule has 3 N–H and O–H groups in total. The Kier molecular flexibility index (Phi) is 8.55. The molecule has 36 heavy (non-hydrogen) atoms. The van der Waals surface area contributed by atoms with E-state index >= 15 is 0 Å². The van der Waals surface area contributed by atoms with Crippen molar-refractivity contribution in [2.75, 3.05) is 18.5 Å². The maximum atomic E-state index is 13.3. The molecule has 1 aromatic heterocycles. The maximum absolute atomic E-state index is 13.3. The summed E-state index contributed by atoms with van der Waals surface area (Å²) in [6.07, 6.45) is -3.47. The van der Waals surface area contributed by atoms with Gasteiger partial charge >= 0.3 is 12.1 Å². The molecule has 0 aliphatic heterocycles. The van der Waals surface area contributed by atoms with E-state index in [9.17, 15) is 27.2 Å². The molecule has 0 bridgehead atoms. The van der Waals surface area contributed by atoms with Crippen LogP contribution in [0.15, 0.2) is 42.6 Å². The summed E-state index contributed by atoms with van der Waals surface area (Å²) in [5.41, 5.74) is -0.335. The summed E-state index contributed by atoms with van der Waals surface area (Å²) in [5, 5.41) is 5.00. The number of aromatic amines is 1. The summed E-state index contributed by atoms with van der Waals surface area (Å²) in [7, 11) is 0. The summed E-state index contributed by atoms with van der Waals surface area (Å²) in [6.45, 7) is 1.93. The van der Waals surface area contributed by atoms with Crippen LogP contribution in [0.2, 0.25) is 5.02 Å². The van der Waals surface area contributed by atoms with Gasteiger partial charge in [0, 0.05) is 30.5 Å². The summed E-state index contributed by atoms with van der Waals surface area (Å²) in [6, 6.07) is 8.05. The Morgan fingerprint density at radius 1 is 1.19 bits per heavy atom. The number of hydrogen-bond donors (Lipinski definition) is 3. The van der Waals surface area contributed by atoms with Crippen LogP contribution in [0.25, 0.3) is 11.4 Å². The lowest BCUT2D eigenvalue weighted by Crippen LogP contribution is -2.22. The molecule has 0 saturated heterocycles. The lowest BCUT2D eigenvalue weighted by Gasteiger charge is -2.13. The smallest absolute Gasteiger partial charge is 0.432 e. The molecule has 12 heteroatoms. The molecular formula is C24H19ClF4N4O3. The summed E-state index contributed by atoms with van der Waals surface area (Å²) in [5.74, 6) is 3.47. The highest BCUT2D eigenvalue weighted by atomic mass is 35.5. The normalized spacial score (nSPS) is 10.8. The van der Waals surface area contributed by atoms with Crippen LogP contribution in [0.1, 0.15) is 24.6 Å². The number of benzene rings is 2. The van der Waals surface area contributed by atoms with Crippen LogP contribution >= 0.6 is 11.6 Å². The van der Waals surface area contributed by atoms with E-state index in [4.69, 9.17) is 16.3 Å². The van der Waals surface area contributed by atoms with Gasteiger partial charge in [-0.05, 0) is 42.8 Å². The first-order chi connectivity index (χ1) is 17.0. The molecule has 3 rings (SSSR count). The van der Waals surface area contributed by atoms with E-state index in [0.29, 0.717) is 24.7 Å². The first-order valence-corrected chi connectivity index (χ1v) is 10.8. The molecule has 7 nitrogen and oxygen atoms in total.